The molecule has 2 heterocycles. The van der Waals surface area contributed by atoms with Gasteiger partial charge in [-0.3, -0.25) is 14.8 Å². The minimum absolute atomic E-state index is 0.0219. The second-order valence-electron chi connectivity index (χ2n) is 4.32. The molecule has 0 spiro atoms. The first-order chi connectivity index (χ1) is 8.59. The van der Waals surface area contributed by atoms with Gasteiger partial charge < -0.3 is 9.47 Å². The van der Waals surface area contributed by atoms with Gasteiger partial charge in [0.15, 0.2) is 0 Å². The molecule has 0 amide bonds. The van der Waals surface area contributed by atoms with E-state index in [1.807, 2.05) is 6.92 Å². The van der Waals surface area contributed by atoms with Crippen molar-refractivity contribution in [1.82, 2.24) is 9.78 Å². The lowest BCUT2D eigenvalue weighted by atomic mass is 10.1. The van der Waals surface area contributed by atoms with Crippen LogP contribution in [0.2, 0.25) is 0 Å². The fraction of sp³-hybridized carbons (Fsp3) is 0.545. The van der Waals surface area contributed by atoms with Gasteiger partial charge in [0, 0.05) is 19.9 Å². The number of aromatic nitrogens is 2. The van der Waals surface area contributed by atoms with E-state index in [0.29, 0.717) is 6.54 Å². The van der Waals surface area contributed by atoms with Crippen LogP contribution in [0.3, 0.4) is 0 Å². The van der Waals surface area contributed by atoms with Crippen molar-refractivity contribution < 1.29 is 14.4 Å². The van der Waals surface area contributed by atoms with Crippen LogP contribution in [-0.4, -0.2) is 20.5 Å². The van der Waals surface area contributed by atoms with Gasteiger partial charge in [-0.25, -0.2) is 0 Å². The van der Waals surface area contributed by atoms with E-state index in [-0.39, 0.29) is 5.69 Å². The molecule has 0 bridgehead atoms. The summed E-state index contributed by atoms with van der Waals surface area (Å²) in [5.41, 5.74) is 0.0219. The Balaban J connectivity index is 1.70. The highest BCUT2D eigenvalue weighted by atomic mass is 16.7. The van der Waals surface area contributed by atoms with Crippen LogP contribution in [-0.2, 0) is 16.0 Å². The maximum atomic E-state index is 10.5. The molecular weight excluding hydrogens is 238 g/mol. The summed E-state index contributed by atoms with van der Waals surface area (Å²) in [5, 5.41) is 14.4. The Morgan fingerprint density at radius 2 is 2.17 bits per heavy atom. The summed E-state index contributed by atoms with van der Waals surface area (Å²) < 4.78 is 12.2. The van der Waals surface area contributed by atoms with E-state index in [2.05, 4.69) is 5.10 Å². The van der Waals surface area contributed by atoms with E-state index in [0.717, 1.165) is 19.3 Å². The van der Waals surface area contributed by atoms with E-state index >= 15 is 0 Å². The molecule has 0 fully saturated rings. The van der Waals surface area contributed by atoms with Crippen molar-refractivity contribution >= 4 is 5.69 Å². The van der Waals surface area contributed by atoms with E-state index in [1.54, 1.807) is 4.68 Å². The number of nitro groups is 1. The maximum Gasteiger partial charge on any atom is 0.306 e. The molecule has 0 aromatic carbocycles. The van der Waals surface area contributed by atoms with Crippen LogP contribution in [0.25, 0.3) is 0 Å². The van der Waals surface area contributed by atoms with Crippen molar-refractivity contribution in [3.8, 4) is 0 Å². The van der Waals surface area contributed by atoms with E-state index in [4.69, 9.17) is 9.47 Å². The highest BCUT2D eigenvalue weighted by Crippen LogP contribution is 2.25. The molecular formula is C11H15N3O4. The van der Waals surface area contributed by atoms with Gasteiger partial charge in [-0.1, -0.05) is 0 Å². The average Bonchev–Trinajstić information content (AvgIpc) is 2.94. The standard InChI is InChI=1S/C11H15N3O4/c1-11(17-6-7-18-11)4-2-3-5-13-9-10(8-12-13)14(15)16/h6-9H,2-5H2,1H3. The van der Waals surface area contributed by atoms with E-state index in [1.165, 1.54) is 24.9 Å². The third-order valence-corrected chi connectivity index (χ3v) is 2.79. The summed E-state index contributed by atoms with van der Waals surface area (Å²) in [6.45, 7) is 2.53. The Labute approximate surface area is 104 Å². The third kappa shape index (κ3) is 2.99. The third-order valence-electron chi connectivity index (χ3n) is 2.79. The van der Waals surface area contributed by atoms with Crippen LogP contribution in [0.5, 0.6) is 0 Å². The fourth-order valence-corrected chi connectivity index (χ4v) is 1.78. The van der Waals surface area contributed by atoms with Crippen LogP contribution in [0.4, 0.5) is 5.69 Å². The molecule has 0 unspecified atom stereocenters. The number of unbranched alkanes of at least 4 members (excludes halogenated alkanes) is 1. The molecule has 1 aromatic rings. The van der Waals surface area contributed by atoms with Crippen molar-refractivity contribution in [1.29, 1.82) is 0 Å². The summed E-state index contributed by atoms with van der Waals surface area (Å²) in [5.74, 6) is -0.559. The fourth-order valence-electron chi connectivity index (χ4n) is 1.78. The molecule has 18 heavy (non-hydrogen) atoms. The quantitative estimate of drug-likeness (QED) is 0.441. The van der Waals surface area contributed by atoms with Crippen LogP contribution >= 0.6 is 0 Å². The number of ether oxygens (including phenoxy) is 2. The monoisotopic (exact) mass is 253 g/mol. The average molecular weight is 253 g/mol. The van der Waals surface area contributed by atoms with Crippen LogP contribution < -0.4 is 0 Å². The number of nitrogens with zero attached hydrogens (tertiary/aromatic N) is 3. The molecule has 1 aliphatic rings. The Bertz CT molecular complexity index is 447. The first-order valence-corrected chi connectivity index (χ1v) is 5.77. The van der Waals surface area contributed by atoms with Gasteiger partial charge in [0.1, 0.15) is 24.9 Å². The van der Waals surface area contributed by atoms with Crippen LogP contribution in [0, 0.1) is 10.1 Å². The van der Waals surface area contributed by atoms with Gasteiger partial charge in [0.05, 0.1) is 4.92 Å². The molecule has 0 aliphatic carbocycles. The Morgan fingerprint density at radius 1 is 1.44 bits per heavy atom. The van der Waals surface area contributed by atoms with Gasteiger partial charge in [0.2, 0.25) is 5.79 Å². The van der Waals surface area contributed by atoms with Crippen LogP contribution in [0.15, 0.2) is 24.9 Å². The van der Waals surface area contributed by atoms with Gasteiger partial charge in [0.25, 0.3) is 0 Å². The van der Waals surface area contributed by atoms with Gasteiger partial charge in [-0.2, -0.15) is 5.10 Å². The lowest BCUT2D eigenvalue weighted by Crippen LogP contribution is -2.25. The number of aryl methyl sites for hydroxylation is 1. The van der Waals surface area contributed by atoms with Crippen molar-refractivity contribution in [2.75, 3.05) is 0 Å². The Kier molecular flexibility index (Phi) is 3.50. The van der Waals surface area contributed by atoms with Crippen molar-refractivity contribution in [2.45, 2.75) is 38.5 Å². The molecule has 7 nitrogen and oxygen atoms in total. The predicted molar refractivity (Wildman–Crippen MR) is 62.4 cm³/mol. The highest BCUT2D eigenvalue weighted by molar-refractivity contribution is 5.20. The van der Waals surface area contributed by atoms with Crippen molar-refractivity contribution in [3.05, 3.63) is 35.0 Å². The van der Waals surface area contributed by atoms with Crippen molar-refractivity contribution in [2.24, 2.45) is 0 Å². The Hall–Kier alpha value is -2.05. The summed E-state index contributed by atoms with van der Waals surface area (Å²) >= 11 is 0. The molecule has 2 rings (SSSR count). The topological polar surface area (TPSA) is 79.4 Å². The van der Waals surface area contributed by atoms with E-state index in [9.17, 15) is 10.1 Å². The van der Waals surface area contributed by atoms with Gasteiger partial charge >= 0.3 is 5.69 Å². The Morgan fingerprint density at radius 3 is 2.78 bits per heavy atom. The maximum absolute atomic E-state index is 10.5. The first-order valence-electron chi connectivity index (χ1n) is 5.77. The highest BCUT2D eigenvalue weighted by Gasteiger charge is 2.28. The SMILES string of the molecule is CC1(CCCCn2cc([N+](=O)[O-])cn2)OC=CO1. The molecule has 98 valence electrons. The lowest BCUT2D eigenvalue weighted by molar-refractivity contribution is -0.385. The first kappa shape index (κ1) is 12.4. The largest absolute Gasteiger partial charge is 0.457 e. The second-order valence-corrected chi connectivity index (χ2v) is 4.32. The normalized spacial score (nSPS) is 16.3. The molecule has 0 saturated carbocycles. The van der Waals surface area contributed by atoms with Gasteiger partial charge in [-0.05, 0) is 12.8 Å². The van der Waals surface area contributed by atoms with E-state index < -0.39 is 10.7 Å². The molecule has 0 radical (unpaired) electrons. The zero-order valence-corrected chi connectivity index (χ0v) is 10.1. The predicted octanol–water partition coefficient (Wildman–Crippen LogP) is 2.20. The molecule has 0 saturated heterocycles. The molecule has 1 aliphatic heterocycles. The lowest BCUT2D eigenvalue weighted by Gasteiger charge is -2.22. The second kappa shape index (κ2) is 5.07. The minimum Gasteiger partial charge on any atom is -0.457 e. The molecule has 0 atom stereocenters. The summed E-state index contributed by atoms with van der Waals surface area (Å²) in [7, 11) is 0. The smallest absolute Gasteiger partial charge is 0.306 e. The summed E-state index contributed by atoms with van der Waals surface area (Å²) in [6.07, 6.45) is 8.30. The zero-order chi connectivity index (χ0) is 13.0. The molecule has 7 heteroatoms. The summed E-state index contributed by atoms with van der Waals surface area (Å²) in [4.78, 5) is 10.0. The van der Waals surface area contributed by atoms with Gasteiger partial charge in [-0.15, -0.1) is 0 Å². The summed E-state index contributed by atoms with van der Waals surface area (Å²) in [6, 6.07) is 0. The molecule has 1 aromatic heterocycles. The number of hydrogen-bond donors (Lipinski definition) is 0. The van der Waals surface area contributed by atoms with Crippen LogP contribution in [0.1, 0.15) is 26.2 Å². The number of rotatable bonds is 6. The zero-order valence-electron chi connectivity index (χ0n) is 10.1. The minimum atomic E-state index is -0.559. The van der Waals surface area contributed by atoms with Crippen molar-refractivity contribution in [3.63, 3.8) is 0 Å². The number of hydrogen-bond acceptors (Lipinski definition) is 5. The molecule has 0 N–H and O–H groups in total.